The van der Waals surface area contributed by atoms with E-state index in [0.29, 0.717) is 12.2 Å². The Bertz CT molecular complexity index is 1410. The molecule has 2 aliphatic heterocycles. The monoisotopic (exact) mass is 437 g/mol. The minimum absolute atomic E-state index is 0.146. The van der Waals surface area contributed by atoms with Gasteiger partial charge in [0, 0.05) is 28.9 Å². The van der Waals surface area contributed by atoms with Gasteiger partial charge in [0.2, 0.25) is 0 Å². The molecule has 0 aliphatic carbocycles. The van der Waals surface area contributed by atoms with E-state index in [1.807, 2.05) is 67.6 Å². The lowest BCUT2D eigenvalue weighted by atomic mass is 9.78. The number of carbonyl (C=O) groups is 2. The van der Waals surface area contributed by atoms with Crippen molar-refractivity contribution < 1.29 is 14.3 Å². The van der Waals surface area contributed by atoms with Crippen molar-refractivity contribution in [3.63, 3.8) is 0 Å². The number of imide groups is 1. The first-order valence-corrected chi connectivity index (χ1v) is 11.0. The SMILES string of the molecule is COc1ccccc1[C@H]1CN2C(=O)N(c3ccccc3)C(=O)[C@]2(C)c2[nH]c3ccccc3c21. The Balaban J connectivity index is 1.61. The number of aromatic nitrogens is 1. The van der Waals surface area contributed by atoms with E-state index < -0.39 is 5.54 Å². The summed E-state index contributed by atoms with van der Waals surface area (Å²) in [5.74, 6) is 0.373. The normalized spacial score (nSPS) is 21.9. The maximum Gasteiger partial charge on any atom is 0.332 e. The molecule has 3 aromatic carbocycles. The molecule has 0 spiro atoms. The van der Waals surface area contributed by atoms with Gasteiger partial charge >= 0.3 is 6.03 Å². The van der Waals surface area contributed by atoms with Crippen LogP contribution in [0, 0.1) is 0 Å². The van der Waals surface area contributed by atoms with Gasteiger partial charge in [0.25, 0.3) is 5.91 Å². The summed E-state index contributed by atoms with van der Waals surface area (Å²) in [6, 6.07) is 24.8. The second-order valence-corrected chi connectivity index (χ2v) is 8.70. The van der Waals surface area contributed by atoms with Crippen LogP contribution < -0.4 is 9.64 Å². The van der Waals surface area contributed by atoms with Gasteiger partial charge in [-0.1, -0.05) is 54.6 Å². The van der Waals surface area contributed by atoms with E-state index in [9.17, 15) is 9.59 Å². The number of hydrogen-bond donors (Lipinski definition) is 1. The molecular weight excluding hydrogens is 414 g/mol. The fourth-order valence-electron chi connectivity index (χ4n) is 5.43. The molecule has 2 atom stereocenters. The van der Waals surface area contributed by atoms with Gasteiger partial charge in [0.05, 0.1) is 18.5 Å². The van der Waals surface area contributed by atoms with Crippen molar-refractivity contribution in [3.8, 4) is 5.75 Å². The zero-order chi connectivity index (χ0) is 22.7. The van der Waals surface area contributed by atoms with Crippen molar-refractivity contribution in [2.24, 2.45) is 0 Å². The average Bonchev–Trinajstić information content (AvgIpc) is 3.34. The first-order chi connectivity index (χ1) is 16.1. The zero-order valence-electron chi connectivity index (χ0n) is 18.4. The van der Waals surface area contributed by atoms with E-state index in [4.69, 9.17) is 4.74 Å². The molecule has 0 bridgehead atoms. The second-order valence-electron chi connectivity index (χ2n) is 8.70. The van der Waals surface area contributed by atoms with Gasteiger partial charge in [0.1, 0.15) is 5.75 Å². The number of nitrogens with one attached hydrogen (secondary N) is 1. The molecule has 6 nitrogen and oxygen atoms in total. The Hall–Kier alpha value is -4.06. The highest BCUT2D eigenvalue weighted by molar-refractivity contribution is 6.23. The van der Waals surface area contributed by atoms with Crippen LogP contribution in [0.3, 0.4) is 0 Å². The number of anilines is 1. The molecule has 4 aromatic rings. The highest BCUT2D eigenvalue weighted by Crippen LogP contribution is 2.51. The molecule has 1 fully saturated rings. The van der Waals surface area contributed by atoms with Crippen molar-refractivity contribution in [2.45, 2.75) is 18.4 Å². The van der Waals surface area contributed by atoms with Crippen LogP contribution in [-0.4, -0.2) is 35.5 Å². The van der Waals surface area contributed by atoms with Crippen molar-refractivity contribution in [1.29, 1.82) is 0 Å². The zero-order valence-corrected chi connectivity index (χ0v) is 18.4. The molecule has 2 aliphatic rings. The third-order valence-electron chi connectivity index (χ3n) is 7.06. The van der Waals surface area contributed by atoms with Crippen LogP contribution in [0.25, 0.3) is 10.9 Å². The molecule has 6 heteroatoms. The number of carbonyl (C=O) groups excluding carboxylic acids is 2. The van der Waals surface area contributed by atoms with Crippen molar-refractivity contribution in [1.82, 2.24) is 9.88 Å². The van der Waals surface area contributed by atoms with Crippen molar-refractivity contribution >= 4 is 28.5 Å². The number of benzene rings is 3. The van der Waals surface area contributed by atoms with Gasteiger partial charge in [-0.3, -0.25) is 4.79 Å². The Morgan fingerprint density at radius 2 is 1.64 bits per heavy atom. The maximum atomic E-state index is 13.9. The Morgan fingerprint density at radius 1 is 0.939 bits per heavy atom. The second kappa shape index (κ2) is 6.97. The van der Waals surface area contributed by atoms with Gasteiger partial charge in [-0.15, -0.1) is 0 Å². The number of fused-ring (bicyclic) bond motifs is 5. The molecule has 3 heterocycles. The van der Waals surface area contributed by atoms with Crippen LogP contribution in [0.1, 0.15) is 29.7 Å². The molecule has 1 N–H and O–H groups in total. The Kier molecular flexibility index (Phi) is 4.14. The molecule has 1 saturated heterocycles. The van der Waals surface area contributed by atoms with Crippen LogP contribution in [0.15, 0.2) is 78.9 Å². The predicted molar refractivity (Wildman–Crippen MR) is 127 cm³/mol. The van der Waals surface area contributed by atoms with E-state index in [0.717, 1.165) is 33.5 Å². The summed E-state index contributed by atoms with van der Waals surface area (Å²) in [7, 11) is 1.66. The number of nitrogens with zero attached hydrogens (tertiary/aromatic N) is 2. The molecule has 0 unspecified atom stereocenters. The summed E-state index contributed by atoms with van der Waals surface area (Å²) in [5, 5.41) is 1.06. The number of methoxy groups -OCH3 is 1. The number of H-pyrrole nitrogens is 1. The summed E-state index contributed by atoms with van der Waals surface area (Å²) in [4.78, 5) is 34.1. The third kappa shape index (κ3) is 2.55. The predicted octanol–water partition coefficient (Wildman–Crippen LogP) is 5.01. The fraction of sp³-hybridized carbons (Fsp3) is 0.185. The summed E-state index contributed by atoms with van der Waals surface area (Å²) >= 11 is 0. The minimum atomic E-state index is -1.13. The lowest BCUT2D eigenvalue weighted by Crippen LogP contribution is -2.50. The molecule has 0 radical (unpaired) electrons. The largest absolute Gasteiger partial charge is 0.496 e. The molecule has 0 saturated carbocycles. The van der Waals surface area contributed by atoms with Crippen LogP contribution in [0.2, 0.25) is 0 Å². The number of urea groups is 1. The summed E-state index contributed by atoms with van der Waals surface area (Å²) in [6.07, 6.45) is 0. The van der Waals surface area contributed by atoms with E-state index >= 15 is 0 Å². The Morgan fingerprint density at radius 3 is 2.42 bits per heavy atom. The van der Waals surface area contributed by atoms with E-state index in [1.165, 1.54) is 4.90 Å². The molecule has 33 heavy (non-hydrogen) atoms. The van der Waals surface area contributed by atoms with E-state index in [2.05, 4.69) is 11.1 Å². The fourth-order valence-corrected chi connectivity index (χ4v) is 5.43. The molecule has 6 rings (SSSR count). The van der Waals surface area contributed by atoms with Crippen molar-refractivity contribution in [3.05, 3.63) is 95.7 Å². The van der Waals surface area contributed by atoms with Crippen molar-refractivity contribution in [2.75, 3.05) is 18.6 Å². The van der Waals surface area contributed by atoms with Crippen LogP contribution in [0.5, 0.6) is 5.75 Å². The lowest BCUT2D eigenvalue weighted by molar-refractivity contribution is -0.125. The van der Waals surface area contributed by atoms with Crippen LogP contribution in [0.4, 0.5) is 10.5 Å². The van der Waals surface area contributed by atoms with Gasteiger partial charge in [-0.05, 0) is 36.8 Å². The third-order valence-corrected chi connectivity index (χ3v) is 7.06. The number of hydrogen-bond acceptors (Lipinski definition) is 3. The number of rotatable bonds is 3. The summed E-state index contributed by atoms with van der Waals surface area (Å²) in [6.45, 7) is 2.22. The first kappa shape index (κ1) is 19.6. The highest BCUT2D eigenvalue weighted by Gasteiger charge is 2.60. The van der Waals surface area contributed by atoms with E-state index in [1.54, 1.807) is 24.1 Å². The minimum Gasteiger partial charge on any atom is -0.496 e. The average molecular weight is 437 g/mol. The van der Waals surface area contributed by atoms with Gasteiger partial charge in [-0.2, -0.15) is 0 Å². The number of amides is 3. The van der Waals surface area contributed by atoms with Gasteiger partial charge in [0.15, 0.2) is 5.54 Å². The first-order valence-electron chi connectivity index (χ1n) is 11.0. The number of ether oxygens (including phenoxy) is 1. The number of para-hydroxylation sites is 3. The summed E-state index contributed by atoms with van der Waals surface area (Å²) in [5.41, 5.74) is 3.21. The topological polar surface area (TPSA) is 65.6 Å². The molecule has 1 aromatic heterocycles. The van der Waals surface area contributed by atoms with Gasteiger partial charge in [-0.25, -0.2) is 9.69 Å². The lowest BCUT2D eigenvalue weighted by Gasteiger charge is -2.40. The van der Waals surface area contributed by atoms with Crippen LogP contribution in [-0.2, 0) is 10.3 Å². The molecule has 3 amide bonds. The summed E-state index contributed by atoms with van der Waals surface area (Å²) < 4.78 is 5.69. The number of aromatic amines is 1. The quantitative estimate of drug-likeness (QED) is 0.459. The smallest absolute Gasteiger partial charge is 0.332 e. The molecular formula is C27H23N3O3. The highest BCUT2D eigenvalue weighted by atomic mass is 16.5. The standard InChI is InChI=1S/C27H23N3O3/c1-27-24-23(19-13-6-8-14-21(19)28-24)20(18-12-7-9-15-22(18)33-2)16-29(27)26(32)30(25(27)31)17-10-4-3-5-11-17/h3-15,20,28H,16H2,1-2H3/t20-,27+/m1/s1. The molecule has 164 valence electrons. The maximum absolute atomic E-state index is 13.9. The van der Waals surface area contributed by atoms with Gasteiger partial charge < -0.3 is 14.6 Å². The Labute approximate surface area is 191 Å². The van der Waals surface area contributed by atoms with E-state index in [-0.39, 0.29) is 17.9 Å². The van der Waals surface area contributed by atoms with Crippen LogP contribution >= 0.6 is 0 Å².